The van der Waals surface area contributed by atoms with Gasteiger partial charge in [-0.15, -0.1) is 0 Å². The molecule has 1 aliphatic rings. The summed E-state index contributed by atoms with van der Waals surface area (Å²) < 4.78 is 66.0. The van der Waals surface area contributed by atoms with Gasteiger partial charge in [0.15, 0.2) is 0 Å². The summed E-state index contributed by atoms with van der Waals surface area (Å²) in [4.78, 5) is 11.6. The second kappa shape index (κ2) is 9.88. The normalized spacial score (nSPS) is 14.8. The highest BCUT2D eigenvalue weighted by Crippen LogP contribution is 2.32. The van der Waals surface area contributed by atoms with E-state index in [-0.39, 0.29) is 40.0 Å². The third-order valence-electron chi connectivity index (χ3n) is 4.85. The van der Waals surface area contributed by atoms with E-state index >= 15 is 0 Å². The van der Waals surface area contributed by atoms with E-state index in [2.05, 4.69) is 4.72 Å². The van der Waals surface area contributed by atoms with E-state index in [1.54, 1.807) is 13.8 Å². The second-order valence-corrected chi connectivity index (χ2v) is 10.6. The van der Waals surface area contributed by atoms with E-state index in [4.69, 9.17) is 9.47 Å². The molecule has 1 heterocycles. The van der Waals surface area contributed by atoms with Gasteiger partial charge in [-0.2, -0.15) is 4.31 Å². The highest BCUT2D eigenvalue weighted by Gasteiger charge is 2.30. The molecule has 0 aliphatic carbocycles. The molecule has 0 bridgehead atoms. The standard InChI is InChI=1S/C21H26N2O7S2/c1-3-29-19-12-9-17(15-20(19)32(27,28)23-13-5-6-14-23)22-31(25,26)18-10-7-16(8-11-18)21(24)30-4-2/h7-12,15,22H,3-6,13-14H2,1-2H3. The lowest BCUT2D eigenvalue weighted by atomic mass is 10.2. The monoisotopic (exact) mass is 482 g/mol. The summed E-state index contributed by atoms with van der Waals surface area (Å²) in [7, 11) is -7.86. The number of sulfonamides is 2. The number of esters is 1. The molecule has 1 saturated heterocycles. The molecule has 11 heteroatoms. The Labute approximate surface area is 188 Å². The first kappa shape index (κ1) is 24.0. The van der Waals surface area contributed by atoms with Crippen molar-refractivity contribution in [3.63, 3.8) is 0 Å². The summed E-state index contributed by atoms with van der Waals surface area (Å²) in [5.74, 6) is -0.381. The lowest BCUT2D eigenvalue weighted by Gasteiger charge is -2.19. The van der Waals surface area contributed by atoms with Gasteiger partial charge in [0.2, 0.25) is 10.0 Å². The van der Waals surface area contributed by atoms with Gasteiger partial charge < -0.3 is 9.47 Å². The van der Waals surface area contributed by atoms with Crippen molar-refractivity contribution in [2.24, 2.45) is 0 Å². The minimum atomic E-state index is -4.03. The largest absolute Gasteiger partial charge is 0.492 e. The van der Waals surface area contributed by atoms with Gasteiger partial charge in [-0.05, 0) is 69.2 Å². The van der Waals surface area contributed by atoms with Crippen LogP contribution in [0, 0.1) is 0 Å². The maximum Gasteiger partial charge on any atom is 0.338 e. The fraction of sp³-hybridized carbons (Fsp3) is 0.381. The predicted octanol–water partition coefficient (Wildman–Crippen LogP) is 2.85. The van der Waals surface area contributed by atoms with Gasteiger partial charge in [0.25, 0.3) is 10.0 Å². The van der Waals surface area contributed by atoms with Crippen molar-refractivity contribution in [1.82, 2.24) is 4.31 Å². The van der Waals surface area contributed by atoms with Crippen LogP contribution in [-0.4, -0.2) is 53.4 Å². The molecular weight excluding hydrogens is 456 g/mol. The molecular formula is C21H26N2O7S2. The first-order chi connectivity index (χ1) is 15.2. The minimum absolute atomic E-state index is 0.0802. The number of carbonyl (C=O) groups is 1. The van der Waals surface area contributed by atoms with Crippen LogP contribution in [0.4, 0.5) is 5.69 Å². The van der Waals surface area contributed by atoms with E-state index in [0.717, 1.165) is 12.8 Å². The summed E-state index contributed by atoms with van der Waals surface area (Å²) in [5.41, 5.74) is 0.312. The van der Waals surface area contributed by atoms with E-state index in [0.29, 0.717) is 13.1 Å². The van der Waals surface area contributed by atoms with Gasteiger partial charge in [-0.3, -0.25) is 4.72 Å². The van der Waals surface area contributed by atoms with Crippen molar-refractivity contribution in [2.45, 2.75) is 36.5 Å². The molecule has 3 rings (SSSR count). The van der Waals surface area contributed by atoms with Crippen LogP contribution < -0.4 is 9.46 Å². The van der Waals surface area contributed by atoms with Gasteiger partial charge in [0, 0.05) is 13.1 Å². The molecule has 2 aromatic carbocycles. The molecule has 1 aliphatic heterocycles. The molecule has 32 heavy (non-hydrogen) atoms. The molecule has 9 nitrogen and oxygen atoms in total. The Morgan fingerprint density at radius 2 is 1.62 bits per heavy atom. The lowest BCUT2D eigenvalue weighted by Crippen LogP contribution is -2.28. The summed E-state index contributed by atoms with van der Waals surface area (Å²) in [5, 5.41) is 0. The summed E-state index contributed by atoms with van der Waals surface area (Å²) in [6, 6.07) is 9.42. The van der Waals surface area contributed by atoms with Crippen molar-refractivity contribution in [2.75, 3.05) is 31.0 Å². The molecule has 0 atom stereocenters. The van der Waals surface area contributed by atoms with Crippen molar-refractivity contribution < 1.29 is 31.1 Å². The second-order valence-electron chi connectivity index (χ2n) is 7.06. The average Bonchev–Trinajstić information content (AvgIpc) is 3.31. The number of anilines is 1. The topological polar surface area (TPSA) is 119 Å². The first-order valence-corrected chi connectivity index (χ1v) is 13.2. The zero-order chi connectivity index (χ0) is 23.4. The number of nitrogens with zero attached hydrogens (tertiary/aromatic N) is 1. The molecule has 0 aromatic heterocycles. The molecule has 1 N–H and O–H groups in total. The quantitative estimate of drug-likeness (QED) is 0.546. The molecule has 0 radical (unpaired) electrons. The number of ether oxygens (including phenoxy) is 2. The number of nitrogens with one attached hydrogen (secondary N) is 1. The van der Waals surface area contributed by atoms with Crippen LogP contribution in [0.1, 0.15) is 37.0 Å². The average molecular weight is 483 g/mol. The predicted molar refractivity (Wildman–Crippen MR) is 119 cm³/mol. The Balaban J connectivity index is 1.90. The third kappa shape index (κ3) is 5.22. The zero-order valence-electron chi connectivity index (χ0n) is 17.9. The third-order valence-corrected chi connectivity index (χ3v) is 8.17. The molecule has 2 aromatic rings. The van der Waals surface area contributed by atoms with Crippen LogP contribution >= 0.6 is 0 Å². The van der Waals surface area contributed by atoms with Gasteiger partial charge in [0.1, 0.15) is 10.6 Å². The number of rotatable bonds is 9. The molecule has 0 spiro atoms. The van der Waals surface area contributed by atoms with Crippen LogP contribution in [0.2, 0.25) is 0 Å². The highest BCUT2D eigenvalue weighted by molar-refractivity contribution is 7.92. The molecule has 0 amide bonds. The van der Waals surface area contributed by atoms with E-state index in [1.807, 2.05) is 0 Å². The van der Waals surface area contributed by atoms with Gasteiger partial charge in [0.05, 0.1) is 29.4 Å². The molecule has 1 fully saturated rings. The Morgan fingerprint density at radius 3 is 2.22 bits per heavy atom. The van der Waals surface area contributed by atoms with Crippen LogP contribution in [0.5, 0.6) is 5.75 Å². The van der Waals surface area contributed by atoms with Crippen molar-refractivity contribution in [3.8, 4) is 5.75 Å². The van der Waals surface area contributed by atoms with Crippen LogP contribution in [0.3, 0.4) is 0 Å². The van der Waals surface area contributed by atoms with Gasteiger partial charge in [-0.1, -0.05) is 0 Å². The fourth-order valence-electron chi connectivity index (χ4n) is 3.31. The summed E-state index contributed by atoms with van der Waals surface area (Å²) in [6.07, 6.45) is 1.55. The van der Waals surface area contributed by atoms with E-state index in [1.165, 1.54) is 46.8 Å². The fourth-order valence-corrected chi connectivity index (χ4v) is 6.04. The Morgan fingerprint density at radius 1 is 0.969 bits per heavy atom. The summed E-state index contributed by atoms with van der Waals surface area (Å²) >= 11 is 0. The highest BCUT2D eigenvalue weighted by atomic mass is 32.2. The SMILES string of the molecule is CCOC(=O)c1ccc(S(=O)(=O)Nc2ccc(OCC)c(S(=O)(=O)N3CCCC3)c2)cc1. The Kier molecular flexibility index (Phi) is 7.42. The number of hydrogen-bond acceptors (Lipinski definition) is 7. The maximum atomic E-state index is 13.1. The smallest absolute Gasteiger partial charge is 0.338 e. The molecule has 174 valence electrons. The van der Waals surface area contributed by atoms with E-state index in [9.17, 15) is 21.6 Å². The van der Waals surface area contributed by atoms with Crippen LogP contribution in [-0.2, 0) is 24.8 Å². The zero-order valence-corrected chi connectivity index (χ0v) is 19.5. The Hall–Kier alpha value is -2.63. The van der Waals surface area contributed by atoms with Crippen molar-refractivity contribution in [3.05, 3.63) is 48.0 Å². The van der Waals surface area contributed by atoms with Gasteiger partial charge in [-0.25, -0.2) is 21.6 Å². The van der Waals surface area contributed by atoms with Gasteiger partial charge >= 0.3 is 5.97 Å². The maximum absolute atomic E-state index is 13.1. The summed E-state index contributed by atoms with van der Waals surface area (Å²) in [6.45, 7) is 4.72. The Bertz CT molecular complexity index is 1170. The lowest BCUT2D eigenvalue weighted by molar-refractivity contribution is 0.0526. The van der Waals surface area contributed by atoms with Crippen LogP contribution in [0.25, 0.3) is 0 Å². The van der Waals surface area contributed by atoms with Crippen molar-refractivity contribution in [1.29, 1.82) is 0 Å². The number of carbonyl (C=O) groups excluding carboxylic acids is 1. The first-order valence-electron chi connectivity index (χ1n) is 10.3. The number of benzene rings is 2. The van der Waals surface area contributed by atoms with E-state index < -0.39 is 26.0 Å². The molecule has 0 saturated carbocycles. The minimum Gasteiger partial charge on any atom is -0.492 e. The van der Waals surface area contributed by atoms with Crippen LogP contribution in [0.15, 0.2) is 52.3 Å². The molecule has 0 unspecified atom stereocenters. The number of hydrogen-bond donors (Lipinski definition) is 1. The van der Waals surface area contributed by atoms with Crippen molar-refractivity contribution >= 4 is 31.7 Å².